The highest BCUT2D eigenvalue weighted by atomic mass is 32.1. The first kappa shape index (κ1) is 20.2. The smallest absolute Gasteiger partial charge is 0.404 e. The lowest BCUT2D eigenvalue weighted by atomic mass is 10.0. The zero-order valence-electron chi connectivity index (χ0n) is 15.1. The summed E-state index contributed by atoms with van der Waals surface area (Å²) in [5.74, 6) is -1.38. The van der Waals surface area contributed by atoms with Crippen molar-refractivity contribution < 1.29 is 27.5 Å². The van der Waals surface area contributed by atoms with Gasteiger partial charge in [0.15, 0.2) is 5.75 Å². The molecule has 2 aromatic rings. The summed E-state index contributed by atoms with van der Waals surface area (Å²) >= 11 is 1.35. The van der Waals surface area contributed by atoms with Crippen LogP contribution in [0.3, 0.4) is 0 Å². The second-order valence-electron chi connectivity index (χ2n) is 6.45. The molecule has 0 saturated carbocycles. The van der Waals surface area contributed by atoms with Crippen molar-refractivity contribution in [2.75, 3.05) is 10.6 Å². The maximum absolute atomic E-state index is 13.0. The Labute approximate surface area is 163 Å². The van der Waals surface area contributed by atoms with Crippen molar-refractivity contribution in [1.82, 2.24) is 0 Å². The van der Waals surface area contributed by atoms with E-state index in [1.807, 2.05) is 0 Å². The van der Waals surface area contributed by atoms with Crippen LogP contribution in [-0.2, 0) is 17.6 Å². The van der Waals surface area contributed by atoms with Crippen LogP contribution in [0.4, 0.5) is 23.9 Å². The Bertz CT molecular complexity index is 893. The molecular weight excluding hydrogens is 393 g/mol. The summed E-state index contributed by atoms with van der Waals surface area (Å²) in [5.41, 5.74) is 1.09. The van der Waals surface area contributed by atoms with E-state index in [-0.39, 0.29) is 11.6 Å². The fourth-order valence-electron chi connectivity index (χ4n) is 3.20. The number of aryl methyl sites for hydroxylation is 1. The van der Waals surface area contributed by atoms with Gasteiger partial charge in [0.1, 0.15) is 5.00 Å². The number of fused-ring (bicyclic) bond motifs is 1. The Kier molecular flexibility index (Phi) is 5.93. The predicted molar refractivity (Wildman–Crippen MR) is 101 cm³/mol. The van der Waals surface area contributed by atoms with E-state index < -0.39 is 18.0 Å². The van der Waals surface area contributed by atoms with Crippen molar-refractivity contribution in [3.05, 3.63) is 40.3 Å². The zero-order chi connectivity index (χ0) is 20.3. The molecule has 2 amide bonds. The van der Waals surface area contributed by atoms with Gasteiger partial charge in [0.25, 0.3) is 5.91 Å². The van der Waals surface area contributed by atoms with Crippen LogP contribution in [0.5, 0.6) is 5.75 Å². The summed E-state index contributed by atoms with van der Waals surface area (Å²) in [4.78, 5) is 25.6. The fourth-order valence-corrected chi connectivity index (χ4v) is 4.53. The van der Waals surface area contributed by atoms with E-state index in [2.05, 4.69) is 15.4 Å². The largest absolute Gasteiger partial charge is 0.573 e. The molecule has 2 N–H and O–H groups in total. The SMILES string of the molecule is CC(=O)Nc1sc2c(c1C(=O)Nc1ccccc1OC(F)(F)F)CCCCC2. The summed E-state index contributed by atoms with van der Waals surface area (Å²) in [5, 5.41) is 5.61. The van der Waals surface area contributed by atoms with Crippen LogP contribution in [-0.4, -0.2) is 18.2 Å². The molecule has 1 aliphatic rings. The van der Waals surface area contributed by atoms with Crippen molar-refractivity contribution in [3.63, 3.8) is 0 Å². The van der Waals surface area contributed by atoms with Gasteiger partial charge < -0.3 is 15.4 Å². The molecule has 1 heterocycles. The topological polar surface area (TPSA) is 67.4 Å². The van der Waals surface area contributed by atoms with Crippen molar-refractivity contribution in [2.24, 2.45) is 0 Å². The van der Waals surface area contributed by atoms with Crippen molar-refractivity contribution in [2.45, 2.75) is 45.4 Å². The Balaban J connectivity index is 1.95. The molecule has 3 rings (SSSR count). The van der Waals surface area contributed by atoms with Gasteiger partial charge in [0, 0.05) is 11.8 Å². The van der Waals surface area contributed by atoms with Gasteiger partial charge >= 0.3 is 6.36 Å². The van der Waals surface area contributed by atoms with Crippen LogP contribution in [0.25, 0.3) is 0 Å². The van der Waals surface area contributed by atoms with Gasteiger partial charge in [-0.05, 0) is 43.4 Å². The number of alkyl halides is 3. The minimum Gasteiger partial charge on any atom is -0.404 e. The predicted octanol–water partition coefficient (Wildman–Crippen LogP) is 5.13. The fraction of sp³-hybridized carbons (Fsp3) is 0.368. The molecule has 0 bridgehead atoms. The highest BCUT2D eigenvalue weighted by molar-refractivity contribution is 7.17. The molecule has 0 aliphatic heterocycles. The summed E-state index contributed by atoms with van der Waals surface area (Å²) in [6, 6.07) is 5.35. The van der Waals surface area contributed by atoms with E-state index in [1.54, 1.807) is 0 Å². The lowest BCUT2D eigenvalue weighted by Crippen LogP contribution is -2.20. The van der Waals surface area contributed by atoms with E-state index in [0.717, 1.165) is 42.2 Å². The Morgan fingerprint density at radius 3 is 2.50 bits per heavy atom. The number of nitrogens with one attached hydrogen (secondary N) is 2. The first-order valence-electron chi connectivity index (χ1n) is 8.83. The maximum atomic E-state index is 13.0. The summed E-state index contributed by atoms with van der Waals surface area (Å²) in [6.45, 7) is 1.35. The highest BCUT2D eigenvalue weighted by Gasteiger charge is 2.32. The van der Waals surface area contributed by atoms with E-state index >= 15 is 0 Å². The number of hydrogen-bond donors (Lipinski definition) is 2. The maximum Gasteiger partial charge on any atom is 0.573 e. The van der Waals surface area contributed by atoms with Gasteiger partial charge in [-0.3, -0.25) is 9.59 Å². The molecule has 28 heavy (non-hydrogen) atoms. The first-order valence-corrected chi connectivity index (χ1v) is 9.64. The number of rotatable bonds is 4. The number of ether oxygens (including phenoxy) is 1. The molecule has 5 nitrogen and oxygen atoms in total. The van der Waals surface area contributed by atoms with Crippen molar-refractivity contribution in [3.8, 4) is 5.75 Å². The van der Waals surface area contributed by atoms with Crippen molar-refractivity contribution >= 4 is 33.8 Å². The van der Waals surface area contributed by atoms with Gasteiger partial charge in [-0.2, -0.15) is 0 Å². The van der Waals surface area contributed by atoms with E-state index in [4.69, 9.17) is 0 Å². The second-order valence-corrected chi connectivity index (χ2v) is 7.55. The number of halogens is 3. The molecular formula is C19H19F3N2O3S. The first-order chi connectivity index (χ1) is 13.2. The Morgan fingerprint density at radius 1 is 1.07 bits per heavy atom. The van der Waals surface area contributed by atoms with Crippen molar-refractivity contribution in [1.29, 1.82) is 0 Å². The number of amides is 2. The monoisotopic (exact) mass is 412 g/mol. The molecule has 1 aliphatic carbocycles. The number of thiophene rings is 1. The number of para-hydroxylation sites is 2. The summed E-state index contributed by atoms with van der Waals surface area (Å²) < 4.78 is 41.9. The lowest BCUT2D eigenvalue weighted by molar-refractivity contribution is -0.274. The number of carbonyl (C=O) groups excluding carboxylic acids is 2. The molecule has 150 valence electrons. The minimum atomic E-state index is -4.87. The van der Waals surface area contributed by atoms with E-state index in [9.17, 15) is 22.8 Å². The number of benzene rings is 1. The molecule has 1 aromatic heterocycles. The van der Waals surface area contributed by atoms with Crippen LogP contribution in [0, 0.1) is 0 Å². The van der Waals surface area contributed by atoms with Gasteiger partial charge in [-0.15, -0.1) is 24.5 Å². The average Bonchev–Trinajstić information content (AvgIpc) is 2.76. The Morgan fingerprint density at radius 2 is 1.79 bits per heavy atom. The van der Waals surface area contributed by atoms with Crippen LogP contribution < -0.4 is 15.4 Å². The average molecular weight is 412 g/mol. The number of anilines is 2. The summed E-state index contributed by atoms with van der Waals surface area (Å²) in [7, 11) is 0. The highest BCUT2D eigenvalue weighted by Crippen LogP contribution is 2.38. The molecule has 0 fully saturated rings. The summed E-state index contributed by atoms with van der Waals surface area (Å²) in [6.07, 6.45) is -0.419. The van der Waals surface area contributed by atoms with Crippen LogP contribution in [0.1, 0.15) is 47.0 Å². The van der Waals surface area contributed by atoms with E-state index in [1.165, 1.54) is 36.5 Å². The van der Waals surface area contributed by atoms with Gasteiger partial charge in [-0.25, -0.2) is 0 Å². The van der Waals surface area contributed by atoms with Crippen LogP contribution in [0.15, 0.2) is 24.3 Å². The second kappa shape index (κ2) is 8.22. The van der Waals surface area contributed by atoms with Gasteiger partial charge in [0.05, 0.1) is 11.3 Å². The number of hydrogen-bond acceptors (Lipinski definition) is 4. The molecule has 9 heteroatoms. The van der Waals surface area contributed by atoms with Gasteiger partial charge in [-0.1, -0.05) is 18.6 Å². The third kappa shape index (κ3) is 4.83. The van der Waals surface area contributed by atoms with Crippen LogP contribution >= 0.6 is 11.3 Å². The molecule has 0 atom stereocenters. The molecule has 0 radical (unpaired) electrons. The molecule has 0 unspecified atom stereocenters. The third-order valence-electron chi connectivity index (χ3n) is 4.30. The third-order valence-corrected chi connectivity index (χ3v) is 5.51. The quantitative estimate of drug-likeness (QED) is 0.685. The standard InChI is InChI=1S/C19H19F3N2O3S/c1-11(25)23-18-16(12-7-3-2-4-10-15(12)28-18)17(26)24-13-8-5-6-9-14(13)27-19(20,21)22/h5-6,8-9H,2-4,7,10H2,1H3,(H,23,25)(H,24,26). The molecule has 0 spiro atoms. The molecule has 1 aromatic carbocycles. The number of carbonyl (C=O) groups is 2. The van der Waals surface area contributed by atoms with E-state index in [0.29, 0.717) is 17.0 Å². The molecule has 0 saturated heterocycles. The van der Waals surface area contributed by atoms with Crippen LogP contribution in [0.2, 0.25) is 0 Å². The normalized spacial score (nSPS) is 14.0. The minimum absolute atomic E-state index is 0.0906. The lowest BCUT2D eigenvalue weighted by Gasteiger charge is -2.14. The Hall–Kier alpha value is -2.55. The van der Waals surface area contributed by atoms with Gasteiger partial charge in [0.2, 0.25) is 5.91 Å². The zero-order valence-corrected chi connectivity index (χ0v) is 15.9.